The molecule has 1 fully saturated rings. The van der Waals surface area contributed by atoms with Crippen molar-refractivity contribution in [3.8, 4) is 11.5 Å². The molecular formula is C14H19BrO2. The van der Waals surface area contributed by atoms with Crippen LogP contribution in [0.15, 0.2) is 24.3 Å². The molecule has 1 aromatic carbocycles. The molecule has 0 saturated heterocycles. The number of hydrogen-bond donors (Lipinski definition) is 0. The normalized spacial score (nSPS) is 17.3. The van der Waals surface area contributed by atoms with E-state index < -0.39 is 0 Å². The molecule has 0 atom stereocenters. The first-order valence-corrected chi connectivity index (χ1v) is 7.24. The Bertz CT molecular complexity index is 355. The molecular weight excluding hydrogens is 280 g/mol. The lowest BCUT2D eigenvalue weighted by Crippen LogP contribution is -2.32. The Hall–Kier alpha value is -0.700. The summed E-state index contributed by atoms with van der Waals surface area (Å²) in [5, 5.41) is 1.09. The van der Waals surface area contributed by atoms with Gasteiger partial charge in [0.05, 0.1) is 13.7 Å². The molecule has 1 aliphatic carbocycles. The third kappa shape index (κ3) is 2.95. The second kappa shape index (κ2) is 5.76. The van der Waals surface area contributed by atoms with E-state index in [-0.39, 0.29) is 0 Å². The number of hydrogen-bond acceptors (Lipinski definition) is 2. The van der Waals surface area contributed by atoms with E-state index in [1.165, 1.54) is 19.3 Å². The maximum absolute atomic E-state index is 5.82. The standard InChI is InChI=1S/C14H19BrO2/c1-16-12-5-2-3-6-13(12)17-10-9-14(11-15)7-4-8-14/h2-3,5-6H,4,7-11H2,1H3. The fraction of sp³-hybridized carbons (Fsp3) is 0.571. The molecule has 1 aromatic rings. The average molecular weight is 299 g/mol. The predicted octanol–water partition coefficient (Wildman–Crippen LogP) is 4.03. The molecule has 0 bridgehead atoms. The van der Waals surface area contributed by atoms with Crippen LogP contribution in [0.4, 0.5) is 0 Å². The molecule has 0 spiro atoms. The fourth-order valence-electron chi connectivity index (χ4n) is 2.24. The van der Waals surface area contributed by atoms with Gasteiger partial charge < -0.3 is 9.47 Å². The number of alkyl halides is 1. The summed E-state index contributed by atoms with van der Waals surface area (Å²) in [5.41, 5.74) is 0.488. The Morgan fingerprint density at radius 1 is 1.24 bits per heavy atom. The van der Waals surface area contributed by atoms with Crippen LogP contribution in [0.2, 0.25) is 0 Å². The number of rotatable bonds is 6. The smallest absolute Gasteiger partial charge is 0.161 e. The molecule has 0 aromatic heterocycles. The van der Waals surface area contributed by atoms with Crippen LogP contribution in [0.1, 0.15) is 25.7 Å². The van der Waals surface area contributed by atoms with E-state index in [0.29, 0.717) is 5.41 Å². The summed E-state index contributed by atoms with van der Waals surface area (Å²) in [6.45, 7) is 0.770. The van der Waals surface area contributed by atoms with Crippen LogP contribution >= 0.6 is 15.9 Å². The molecule has 1 saturated carbocycles. The maximum atomic E-state index is 5.82. The third-order valence-electron chi connectivity index (χ3n) is 3.66. The monoisotopic (exact) mass is 298 g/mol. The number of para-hydroxylation sites is 2. The summed E-state index contributed by atoms with van der Waals surface area (Å²) >= 11 is 3.62. The van der Waals surface area contributed by atoms with Gasteiger partial charge in [0.2, 0.25) is 0 Å². The van der Waals surface area contributed by atoms with Gasteiger partial charge in [-0.15, -0.1) is 0 Å². The maximum Gasteiger partial charge on any atom is 0.161 e. The van der Waals surface area contributed by atoms with E-state index in [0.717, 1.165) is 29.9 Å². The summed E-state index contributed by atoms with van der Waals surface area (Å²) in [4.78, 5) is 0. The molecule has 0 unspecified atom stereocenters. The minimum Gasteiger partial charge on any atom is -0.493 e. The van der Waals surface area contributed by atoms with Crippen molar-refractivity contribution >= 4 is 15.9 Å². The van der Waals surface area contributed by atoms with Gasteiger partial charge in [-0.2, -0.15) is 0 Å². The second-order valence-electron chi connectivity index (χ2n) is 4.74. The number of methoxy groups -OCH3 is 1. The highest BCUT2D eigenvalue weighted by atomic mass is 79.9. The molecule has 0 N–H and O–H groups in total. The zero-order valence-corrected chi connectivity index (χ0v) is 11.8. The van der Waals surface area contributed by atoms with Crippen molar-refractivity contribution in [2.45, 2.75) is 25.7 Å². The van der Waals surface area contributed by atoms with Gasteiger partial charge in [-0.25, -0.2) is 0 Å². The van der Waals surface area contributed by atoms with Crippen LogP contribution in [0.5, 0.6) is 11.5 Å². The summed E-state index contributed by atoms with van der Waals surface area (Å²) in [7, 11) is 1.67. The van der Waals surface area contributed by atoms with Crippen LogP contribution < -0.4 is 9.47 Å². The lowest BCUT2D eigenvalue weighted by molar-refractivity contribution is 0.121. The van der Waals surface area contributed by atoms with Gasteiger partial charge in [-0.05, 0) is 36.8 Å². The summed E-state index contributed by atoms with van der Waals surface area (Å²) < 4.78 is 11.1. The second-order valence-corrected chi connectivity index (χ2v) is 5.30. The molecule has 0 aliphatic heterocycles. The molecule has 0 amide bonds. The molecule has 2 nitrogen and oxygen atoms in total. The first-order chi connectivity index (χ1) is 8.29. The Morgan fingerprint density at radius 3 is 2.47 bits per heavy atom. The van der Waals surface area contributed by atoms with Gasteiger partial charge in [-0.1, -0.05) is 34.5 Å². The molecule has 94 valence electrons. The van der Waals surface area contributed by atoms with Crippen molar-refractivity contribution in [2.75, 3.05) is 19.0 Å². The van der Waals surface area contributed by atoms with Crippen molar-refractivity contribution in [1.82, 2.24) is 0 Å². The topological polar surface area (TPSA) is 18.5 Å². The number of ether oxygens (including phenoxy) is 2. The van der Waals surface area contributed by atoms with Gasteiger partial charge in [0.15, 0.2) is 11.5 Å². The molecule has 1 aliphatic rings. The van der Waals surface area contributed by atoms with E-state index in [2.05, 4.69) is 15.9 Å². The zero-order valence-electron chi connectivity index (χ0n) is 10.2. The van der Waals surface area contributed by atoms with Crippen molar-refractivity contribution in [1.29, 1.82) is 0 Å². The summed E-state index contributed by atoms with van der Waals surface area (Å²) in [5.74, 6) is 1.66. The number of halogens is 1. The van der Waals surface area contributed by atoms with Gasteiger partial charge in [0, 0.05) is 5.33 Å². The van der Waals surface area contributed by atoms with Gasteiger partial charge in [0.1, 0.15) is 0 Å². The quantitative estimate of drug-likeness (QED) is 0.738. The van der Waals surface area contributed by atoms with Crippen molar-refractivity contribution in [3.05, 3.63) is 24.3 Å². The Kier molecular flexibility index (Phi) is 4.32. The Balaban J connectivity index is 1.85. The molecule has 3 heteroatoms. The Labute approximate surface area is 111 Å². The molecule has 17 heavy (non-hydrogen) atoms. The largest absolute Gasteiger partial charge is 0.493 e. The third-order valence-corrected chi connectivity index (χ3v) is 4.85. The van der Waals surface area contributed by atoms with E-state index in [4.69, 9.17) is 9.47 Å². The summed E-state index contributed by atoms with van der Waals surface area (Å²) in [6, 6.07) is 7.82. The Morgan fingerprint density at radius 2 is 1.94 bits per heavy atom. The molecule has 0 radical (unpaired) electrons. The first kappa shape index (κ1) is 12.7. The van der Waals surface area contributed by atoms with Crippen molar-refractivity contribution < 1.29 is 9.47 Å². The van der Waals surface area contributed by atoms with Crippen LogP contribution in [-0.4, -0.2) is 19.0 Å². The van der Waals surface area contributed by atoms with E-state index >= 15 is 0 Å². The van der Waals surface area contributed by atoms with E-state index in [9.17, 15) is 0 Å². The molecule has 2 rings (SSSR count). The predicted molar refractivity (Wildman–Crippen MR) is 73.2 cm³/mol. The SMILES string of the molecule is COc1ccccc1OCCC1(CBr)CCC1. The highest BCUT2D eigenvalue weighted by Gasteiger charge is 2.35. The van der Waals surface area contributed by atoms with Crippen LogP contribution in [0.3, 0.4) is 0 Å². The van der Waals surface area contributed by atoms with Crippen molar-refractivity contribution in [2.24, 2.45) is 5.41 Å². The highest BCUT2D eigenvalue weighted by molar-refractivity contribution is 9.09. The van der Waals surface area contributed by atoms with Gasteiger partial charge >= 0.3 is 0 Å². The van der Waals surface area contributed by atoms with Crippen LogP contribution in [0.25, 0.3) is 0 Å². The highest BCUT2D eigenvalue weighted by Crippen LogP contribution is 2.45. The van der Waals surface area contributed by atoms with Gasteiger partial charge in [0.25, 0.3) is 0 Å². The first-order valence-electron chi connectivity index (χ1n) is 6.11. The van der Waals surface area contributed by atoms with Crippen LogP contribution in [-0.2, 0) is 0 Å². The molecule has 0 heterocycles. The summed E-state index contributed by atoms with van der Waals surface area (Å²) in [6.07, 6.45) is 5.14. The van der Waals surface area contributed by atoms with Gasteiger partial charge in [-0.3, -0.25) is 0 Å². The minimum absolute atomic E-state index is 0.488. The minimum atomic E-state index is 0.488. The van der Waals surface area contributed by atoms with E-state index in [1.54, 1.807) is 7.11 Å². The van der Waals surface area contributed by atoms with Crippen molar-refractivity contribution in [3.63, 3.8) is 0 Å². The number of benzene rings is 1. The zero-order chi connectivity index (χ0) is 12.1. The van der Waals surface area contributed by atoms with E-state index in [1.807, 2.05) is 24.3 Å². The lowest BCUT2D eigenvalue weighted by atomic mass is 9.68. The average Bonchev–Trinajstić information content (AvgIpc) is 2.33. The van der Waals surface area contributed by atoms with Crippen LogP contribution in [0, 0.1) is 5.41 Å². The fourth-order valence-corrected chi connectivity index (χ4v) is 3.08. The lowest BCUT2D eigenvalue weighted by Gasteiger charge is -2.40.